The number of aromatic nitrogens is 3. The molecule has 1 saturated heterocycles. The Morgan fingerprint density at radius 1 is 0.698 bits per heavy atom. The van der Waals surface area contributed by atoms with Gasteiger partial charge >= 0.3 is 23.9 Å². The standard InChI is InChI=1S/C62H92N14O19S/c1-43-33-46(34-44(2)58(43)96(90,91)71-50(61(88)89)37-68-59(86)48-38-72(3)51-35-45(11-12-47(51)57(48)85)36-69-62-66-16-17-67-62)95-28-6-10-52(77)64-14-7-26-92-29-31-94-32-30-93-27-8-15-65-60(87)49(9-4-5-13-63)70-53(78)39-73-18-20-74(40-54(79)80)22-24-76(42-56(83)84)25-23-75(21-19-73)41-55(81)82/h11-12,16-17,33-35,37-38,49,71H,4-10,13-15,18-32,36,39-42,63H2,1-3H3,(H,64,77)(H,65,87)(H,68,86)(H,70,78)(H,79,80)(H,81,82)(H,83,84)(H,88,89)(H2,66,67,69)/t49-/m1/s1. The van der Waals surface area contributed by atoms with E-state index in [1.54, 1.807) is 61.8 Å². The van der Waals surface area contributed by atoms with Crippen LogP contribution in [0.25, 0.3) is 10.9 Å². The third-order valence-corrected chi connectivity index (χ3v) is 16.7. The van der Waals surface area contributed by atoms with E-state index in [2.05, 4.69) is 36.6 Å². The quantitative estimate of drug-likeness (QED) is 0.0195. The number of amides is 4. The number of nitrogens with one attached hydrogen (secondary N) is 7. The molecule has 4 aromatic rings. The maximum atomic E-state index is 13.6. The van der Waals surface area contributed by atoms with Crippen molar-refractivity contribution in [3.63, 3.8) is 0 Å². The number of sulfonamides is 1. The first-order chi connectivity index (χ1) is 45.9. The van der Waals surface area contributed by atoms with Gasteiger partial charge in [0.15, 0.2) is 11.6 Å². The summed E-state index contributed by atoms with van der Waals surface area (Å²) in [6.07, 6.45) is 8.33. The van der Waals surface area contributed by atoms with Crippen molar-refractivity contribution in [1.82, 2.24) is 60.1 Å². The highest BCUT2D eigenvalue weighted by Gasteiger charge is 2.27. The van der Waals surface area contributed by atoms with Crippen molar-refractivity contribution >= 4 is 74.4 Å². The normalized spacial score (nSPS) is 14.4. The Balaban J connectivity index is 0.921. The van der Waals surface area contributed by atoms with Crippen molar-refractivity contribution in [2.45, 2.75) is 76.3 Å². The van der Waals surface area contributed by atoms with Gasteiger partial charge < -0.3 is 81.2 Å². The molecule has 2 aromatic carbocycles. The van der Waals surface area contributed by atoms with Gasteiger partial charge in [0.25, 0.3) is 15.9 Å². The minimum atomic E-state index is -4.54. The number of hydrogen-bond acceptors (Lipinski definition) is 22. The van der Waals surface area contributed by atoms with Crippen LogP contribution < -0.4 is 47.2 Å². The molecular weight excluding hydrogens is 1280 g/mol. The Morgan fingerprint density at radius 2 is 1.25 bits per heavy atom. The summed E-state index contributed by atoms with van der Waals surface area (Å²) in [6.45, 7) is 7.40. The van der Waals surface area contributed by atoms with Gasteiger partial charge in [-0.25, -0.2) is 18.2 Å². The molecule has 1 aliphatic heterocycles. The van der Waals surface area contributed by atoms with Crippen LogP contribution in [0.5, 0.6) is 5.75 Å². The summed E-state index contributed by atoms with van der Waals surface area (Å²) in [5.41, 5.74) is 5.72. The van der Waals surface area contributed by atoms with Crippen molar-refractivity contribution < 1.29 is 86.1 Å². The zero-order valence-electron chi connectivity index (χ0n) is 54.6. The molecule has 1 fully saturated rings. The lowest BCUT2D eigenvalue weighted by molar-refractivity contribution is -0.140. The second kappa shape index (κ2) is 41.4. The number of imidazole rings is 1. The number of aryl methyl sites for hydroxylation is 3. The van der Waals surface area contributed by atoms with Gasteiger partial charge in [-0.2, -0.15) is 0 Å². The van der Waals surface area contributed by atoms with Gasteiger partial charge in [-0.1, -0.05) is 6.07 Å². The zero-order chi connectivity index (χ0) is 70.0. The van der Waals surface area contributed by atoms with Crippen molar-refractivity contribution in [3.8, 4) is 5.75 Å². The molecule has 4 amide bonds. The molecule has 0 aliphatic carbocycles. The Kier molecular flexibility index (Phi) is 33.7. The van der Waals surface area contributed by atoms with Gasteiger partial charge in [0.1, 0.15) is 17.4 Å². The molecule has 530 valence electrons. The number of carbonyl (C=O) groups excluding carboxylic acids is 4. The molecule has 2 aromatic heterocycles. The van der Waals surface area contributed by atoms with E-state index in [4.69, 9.17) is 24.7 Å². The molecule has 0 saturated carbocycles. The number of fused-ring (bicyclic) bond motifs is 1. The highest BCUT2D eigenvalue weighted by molar-refractivity contribution is 7.89. The Morgan fingerprint density at radius 3 is 1.78 bits per heavy atom. The first-order valence-corrected chi connectivity index (χ1v) is 33.1. The van der Waals surface area contributed by atoms with E-state index in [0.717, 1.165) is 5.56 Å². The number of rotatable bonds is 42. The average Bonchev–Trinajstić information content (AvgIpc) is 0.809. The van der Waals surface area contributed by atoms with E-state index < -0.39 is 62.9 Å². The molecule has 5 rings (SSSR count). The van der Waals surface area contributed by atoms with Gasteiger partial charge in [-0.05, 0) is 99.9 Å². The summed E-state index contributed by atoms with van der Waals surface area (Å²) < 4.78 is 53.5. The highest BCUT2D eigenvalue weighted by Crippen LogP contribution is 2.27. The molecule has 0 radical (unpaired) electrons. The third kappa shape index (κ3) is 28.4. The number of unbranched alkanes of at least 4 members (excludes halogenated alkanes) is 1. The number of nitrogens with zero attached hydrogens (tertiary/aromatic N) is 6. The second-order valence-corrected chi connectivity index (χ2v) is 24.4. The molecule has 0 spiro atoms. The van der Waals surface area contributed by atoms with Gasteiger partial charge in [-0.15, -0.1) is 0 Å². The number of carboxylic acids is 4. The SMILES string of the molecule is Cc1cc(OCCCC(=O)NCCCOCCOCCOCCCNC(=O)[C@@H](CCCCN)NC(=O)CN2CCN(CC(=O)O)CCN(CC(=O)O)CCN(CC(=O)O)CC2)cc(C)c1S(=O)(=O)NC(=CNC(=O)c1cn(C)c2cc(CNc3ncc[nH]3)ccc2c1=O)C(=O)O. The summed E-state index contributed by atoms with van der Waals surface area (Å²) in [5, 5.41) is 52.5. The van der Waals surface area contributed by atoms with Crippen LogP contribution in [0.4, 0.5) is 5.95 Å². The largest absolute Gasteiger partial charge is 0.494 e. The topological polar surface area (TPSA) is 450 Å². The molecule has 1 aliphatic rings. The van der Waals surface area contributed by atoms with Gasteiger partial charge in [0.05, 0.1) is 69.6 Å². The Bertz CT molecular complexity index is 3370. The summed E-state index contributed by atoms with van der Waals surface area (Å²) in [4.78, 5) is 127. The molecule has 96 heavy (non-hydrogen) atoms. The molecule has 3 heterocycles. The van der Waals surface area contributed by atoms with Crippen molar-refractivity contribution in [2.75, 3.05) is 150 Å². The van der Waals surface area contributed by atoms with Crippen LogP contribution in [0.15, 0.2) is 70.5 Å². The number of benzene rings is 2. The minimum Gasteiger partial charge on any atom is -0.494 e. The number of H-pyrrole nitrogens is 1. The molecule has 1 atom stereocenters. The Labute approximate surface area is 556 Å². The number of aromatic amines is 1. The van der Waals surface area contributed by atoms with E-state index in [1.165, 1.54) is 32.2 Å². The van der Waals surface area contributed by atoms with Crippen LogP contribution in [0.2, 0.25) is 0 Å². The Hall–Kier alpha value is -8.61. The highest BCUT2D eigenvalue weighted by atomic mass is 32.2. The monoisotopic (exact) mass is 1370 g/mol. The molecule has 0 unspecified atom stereocenters. The predicted molar refractivity (Wildman–Crippen MR) is 350 cm³/mol. The van der Waals surface area contributed by atoms with Crippen molar-refractivity contribution in [3.05, 3.63) is 93.3 Å². The van der Waals surface area contributed by atoms with Crippen LogP contribution >= 0.6 is 0 Å². The number of pyridine rings is 1. The van der Waals surface area contributed by atoms with Gasteiger partial charge in [0, 0.05) is 129 Å². The average molecular weight is 1370 g/mol. The summed E-state index contributed by atoms with van der Waals surface area (Å²) in [7, 11) is -2.90. The molecule has 34 heteroatoms. The van der Waals surface area contributed by atoms with Crippen LogP contribution in [-0.2, 0) is 71.4 Å². The van der Waals surface area contributed by atoms with Crippen LogP contribution in [-0.4, -0.2) is 261 Å². The summed E-state index contributed by atoms with van der Waals surface area (Å²) in [5.74, 6) is -5.99. The first kappa shape index (κ1) is 78.1. The van der Waals surface area contributed by atoms with Crippen molar-refractivity contribution in [1.29, 1.82) is 0 Å². The smallest absolute Gasteiger partial charge is 0.354 e. The van der Waals surface area contributed by atoms with Crippen LogP contribution in [0, 0.1) is 13.8 Å². The van der Waals surface area contributed by atoms with E-state index >= 15 is 0 Å². The second-order valence-electron chi connectivity index (χ2n) is 22.8. The third-order valence-electron chi connectivity index (χ3n) is 15.1. The number of aliphatic carboxylic acids is 4. The number of ether oxygens (including phenoxy) is 4. The van der Waals surface area contributed by atoms with Gasteiger partial charge in [0.2, 0.25) is 23.2 Å². The number of anilines is 1. The molecule has 0 bridgehead atoms. The van der Waals surface area contributed by atoms with E-state index in [-0.39, 0.29) is 137 Å². The minimum absolute atomic E-state index is 0.133. The van der Waals surface area contributed by atoms with E-state index in [0.29, 0.717) is 121 Å². The van der Waals surface area contributed by atoms with E-state index in [9.17, 15) is 72.0 Å². The molecule has 33 nitrogen and oxygen atoms in total. The summed E-state index contributed by atoms with van der Waals surface area (Å²) in [6, 6.07) is 7.14. The predicted octanol–water partition coefficient (Wildman–Crippen LogP) is -0.565. The maximum Gasteiger partial charge on any atom is 0.354 e. The number of carbonyl (C=O) groups is 8. The number of carboxylic acid groups (broad SMARTS) is 4. The molecule has 13 N–H and O–H groups in total. The van der Waals surface area contributed by atoms with Crippen molar-refractivity contribution in [2.24, 2.45) is 12.8 Å². The molecular formula is C62H92N14O19S. The lowest BCUT2D eigenvalue weighted by Gasteiger charge is -2.33. The number of nitrogens with two attached hydrogens (primary N) is 1. The lowest BCUT2D eigenvalue weighted by atomic mass is 10.1. The van der Waals surface area contributed by atoms with Crippen LogP contribution in [0.1, 0.15) is 72.0 Å². The van der Waals surface area contributed by atoms with E-state index in [1.807, 2.05) is 4.72 Å². The lowest BCUT2D eigenvalue weighted by Crippen LogP contribution is -2.52. The summed E-state index contributed by atoms with van der Waals surface area (Å²) >= 11 is 0. The fraction of sp³-hybridized carbons (Fsp3) is 0.548. The van der Waals surface area contributed by atoms with Crippen LogP contribution in [0.3, 0.4) is 0 Å². The maximum absolute atomic E-state index is 13.6. The first-order valence-electron chi connectivity index (χ1n) is 31.6. The fourth-order valence-electron chi connectivity index (χ4n) is 10.3. The van der Waals surface area contributed by atoms with Gasteiger partial charge in [-0.3, -0.25) is 62.7 Å². The number of hydrogen-bond donors (Lipinski definition) is 12. The fourth-order valence-corrected chi connectivity index (χ4v) is 11.8. The zero-order valence-corrected chi connectivity index (χ0v) is 55.4.